The van der Waals surface area contributed by atoms with Crippen molar-refractivity contribution in [3.8, 4) is 0 Å². The molecule has 2 aromatic rings. The molecular weight excluding hydrogens is 344 g/mol. The van der Waals surface area contributed by atoms with E-state index in [0.717, 1.165) is 25.0 Å². The molecule has 1 aromatic heterocycles. The lowest BCUT2D eigenvalue weighted by molar-refractivity contribution is 0.0914. The van der Waals surface area contributed by atoms with Crippen molar-refractivity contribution in [1.82, 2.24) is 19.8 Å². The van der Waals surface area contributed by atoms with E-state index >= 15 is 0 Å². The van der Waals surface area contributed by atoms with Gasteiger partial charge in [-0.1, -0.05) is 31.4 Å². The second-order valence-electron chi connectivity index (χ2n) is 9.42. The van der Waals surface area contributed by atoms with E-state index < -0.39 is 0 Å². The molecule has 1 aromatic carbocycles. The number of para-hydroxylation sites is 2. The van der Waals surface area contributed by atoms with Crippen LogP contribution in [0.1, 0.15) is 76.1 Å². The highest BCUT2D eigenvalue weighted by Crippen LogP contribution is 2.36. The number of piperidine rings is 1. The Balaban J connectivity index is 1.34. The van der Waals surface area contributed by atoms with Crippen molar-refractivity contribution in [2.45, 2.75) is 76.3 Å². The predicted molar refractivity (Wildman–Crippen MR) is 116 cm³/mol. The van der Waals surface area contributed by atoms with E-state index in [1.807, 2.05) is 0 Å². The highest BCUT2D eigenvalue weighted by atomic mass is 15.2. The Morgan fingerprint density at radius 1 is 1.00 bits per heavy atom. The molecule has 2 atom stereocenters. The van der Waals surface area contributed by atoms with Crippen LogP contribution in [0.3, 0.4) is 0 Å². The zero-order valence-electron chi connectivity index (χ0n) is 17.4. The molecule has 1 aliphatic carbocycles. The Morgan fingerprint density at radius 3 is 2.54 bits per heavy atom. The Morgan fingerprint density at radius 2 is 1.79 bits per heavy atom. The fourth-order valence-electron chi connectivity index (χ4n) is 6.08. The van der Waals surface area contributed by atoms with Crippen molar-refractivity contribution >= 4 is 11.0 Å². The first kappa shape index (κ1) is 18.6. The largest absolute Gasteiger partial charge is 0.324 e. The van der Waals surface area contributed by atoms with Gasteiger partial charge in [-0.15, -0.1) is 0 Å². The summed E-state index contributed by atoms with van der Waals surface area (Å²) in [7, 11) is 0. The first-order valence-corrected chi connectivity index (χ1v) is 11.7. The van der Waals surface area contributed by atoms with E-state index in [4.69, 9.17) is 4.98 Å². The number of likely N-dealkylation sites (tertiary alicyclic amines) is 1. The zero-order chi connectivity index (χ0) is 18.9. The molecule has 2 aliphatic heterocycles. The third kappa shape index (κ3) is 3.50. The minimum absolute atomic E-state index is 0.576. The molecule has 3 fully saturated rings. The van der Waals surface area contributed by atoms with Crippen molar-refractivity contribution in [2.75, 3.05) is 26.2 Å². The fourth-order valence-corrected chi connectivity index (χ4v) is 6.08. The quantitative estimate of drug-likeness (QED) is 0.833. The van der Waals surface area contributed by atoms with Crippen LogP contribution in [0.4, 0.5) is 0 Å². The maximum absolute atomic E-state index is 5.11. The molecule has 0 bridgehead atoms. The normalized spacial score (nSPS) is 26.8. The smallest absolute Gasteiger partial charge is 0.114 e. The second-order valence-corrected chi connectivity index (χ2v) is 9.42. The lowest BCUT2D eigenvalue weighted by atomic mass is 9.83. The molecule has 5 rings (SSSR count). The van der Waals surface area contributed by atoms with Gasteiger partial charge in [-0.2, -0.15) is 0 Å². The third-order valence-corrected chi connectivity index (χ3v) is 7.82. The number of rotatable bonds is 4. The van der Waals surface area contributed by atoms with Crippen molar-refractivity contribution in [2.24, 2.45) is 5.92 Å². The Labute approximate surface area is 169 Å². The molecular formula is C24H36N4. The van der Waals surface area contributed by atoms with Gasteiger partial charge in [0.25, 0.3) is 0 Å². The van der Waals surface area contributed by atoms with Gasteiger partial charge in [0.15, 0.2) is 0 Å². The standard InChI is InChI=1S/C24H36N4/c1-18(19-7-3-2-4-8-19)27-15-12-21(13-16-27)28-23-10-6-5-9-22(23)26-24(28)20-11-14-25-17-20/h5-6,9-10,18-21,25H,2-4,7-8,11-17H2,1H3. The first-order chi connectivity index (χ1) is 13.8. The SMILES string of the molecule is CC(C1CCCCC1)N1CCC(n2c(C3CCNC3)nc3ccccc32)CC1. The summed E-state index contributed by atoms with van der Waals surface area (Å²) in [6.07, 6.45) is 11.0. The molecule has 1 saturated carbocycles. The van der Waals surface area contributed by atoms with Crippen LogP contribution >= 0.6 is 0 Å². The molecule has 3 heterocycles. The summed E-state index contributed by atoms with van der Waals surface area (Å²) >= 11 is 0. The summed E-state index contributed by atoms with van der Waals surface area (Å²) in [5.41, 5.74) is 2.53. The topological polar surface area (TPSA) is 33.1 Å². The average molecular weight is 381 g/mol. The highest BCUT2D eigenvalue weighted by Gasteiger charge is 2.32. The van der Waals surface area contributed by atoms with Gasteiger partial charge >= 0.3 is 0 Å². The average Bonchev–Trinajstić information content (AvgIpc) is 3.42. The van der Waals surface area contributed by atoms with E-state index in [1.54, 1.807) is 0 Å². The van der Waals surface area contributed by atoms with Crippen LogP contribution in [-0.4, -0.2) is 46.7 Å². The number of fused-ring (bicyclic) bond motifs is 1. The lowest BCUT2D eigenvalue weighted by Gasteiger charge is -2.41. The molecule has 0 amide bonds. The van der Waals surface area contributed by atoms with Gasteiger partial charge in [0.1, 0.15) is 5.82 Å². The summed E-state index contributed by atoms with van der Waals surface area (Å²) in [5.74, 6) is 2.84. The zero-order valence-corrected chi connectivity index (χ0v) is 17.4. The summed E-state index contributed by atoms with van der Waals surface area (Å²) in [5, 5.41) is 3.54. The summed E-state index contributed by atoms with van der Waals surface area (Å²) in [4.78, 5) is 7.90. The summed E-state index contributed by atoms with van der Waals surface area (Å²) < 4.78 is 2.63. The van der Waals surface area contributed by atoms with E-state index in [0.29, 0.717) is 12.0 Å². The number of imidazole rings is 1. The van der Waals surface area contributed by atoms with Crippen LogP contribution < -0.4 is 5.32 Å². The number of hydrogen-bond donors (Lipinski definition) is 1. The molecule has 152 valence electrons. The maximum Gasteiger partial charge on any atom is 0.114 e. The summed E-state index contributed by atoms with van der Waals surface area (Å²) in [6, 6.07) is 10.2. The van der Waals surface area contributed by atoms with Gasteiger partial charge in [-0.25, -0.2) is 4.98 Å². The summed E-state index contributed by atoms with van der Waals surface area (Å²) in [6.45, 7) is 7.21. The van der Waals surface area contributed by atoms with Crippen LogP contribution in [0, 0.1) is 5.92 Å². The highest BCUT2D eigenvalue weighted by molar-refractivity contribution is 5.76. The number of hydrogen-bond acceptors (Lipinski definition) is 3. The van der Waals surface area contributed by atoms with Crippen LogP contribution in [0.15, 0.2) is 24.3 Å². The number of aromatic nitrogens is 2. The van der Waals surface area contributed by atoms with Gasteiger partial charge in [0.2, 0.25) is 0 Å². The molecule has 3 aliphatic rings. The van der Waals surface area contributed by atoms with E-state index in [9.17, 15) is 0 Å². The van der Waals surface area contributed by atoms with Gasteiger partial charge in [0, 0.05) is 37.6 Å². The Bertz CT molecular complexity index is 777. The number of benzene rings is 1. The van der Waals surface area contributed by atoms with Crippen LogP contribution in [0.5, 0.6) is 0 Å². The molecule has 1 N–H and O–H groups in total. The van der Waals surface area contributed by atoms with Gasteiger partial charge in [-0.3, -0.25) is 0 Å². The van der Waals surface area contributed by atoms with Crippen LogP contribution in [-0.2, 0) is 0 Å². The molecule has 0 radical (unpaired) electrons. The third-order valence-electron chi connectivity index (χ3n) is 7.82. The van der Waals surface area contributed by atoms with Gasteiger partial charge < -0.3 is 14.8 Å². The Kier molecular flexibility index (Phi) is 5.43. The molecule has 2 unspecified atom stereocenters. The van der Waals surface area contributed by atoms with Crippen molar-refractivity contribution in [1.29, 1.82) is 0 Å². The predicted octanol–water partition coefficient (Wildman–Crippen LogP) is 4.72. The van der Waals surface area contributed by atoms with Crippen LogP contribution in [0.2, 0.25) is 0 Å². The molecule has 2 saturated heterocycles. The molecule has 4 nitrogen and oxygen atoms in total. The maximum atomic E-state index is 5.11. The van der Waals surface area contributed by atoms with Crippen molar-refractivity contribution in [3.05, 3.63) is 30.1 Å². The van der Waals surface area contributed by atoms with Crippen LogP contribution in [0.25, 0.3) is 11.0 Å². The molecule has 28 heavy (non-hydrogen) atoms. The van der Waals surface area contributed by atoms with E-state index in [2.05, 4.69) is 46.0 Å². The van der Waals surface area contributed by atoms with Gasteiger partial charge in [-0.05, 0) is 63.6 Å². The van der Waals surface area contributed by atoms with Crippen molar-refractivity contribution in [3.63, 3.8) is 0 Å². The Hall–Kier alpha value is -1.39. The molecule has 4 heteroatoms. The molecule has 0 spiro atoms. The fraction of sp³-hybridized carbons (Fsp3) is 0.708. The minimum atomic E-state index is 0.576. The first-order valence-electron chi connectivity index (χ1n) is 11.7. The monoisotopic (exact) mass is 380 g/mol. The minimum Gasteiger partial charge on any atom is -0.324 e. The second kappa shape index (κ2) is 8.16. The van der Waals surface area contributed by atoms with Gasteiger partial charge in [0.05, 0.1) is 11.0 Å². The lowest BCUT2D eigenvalue weighted by Crippen LogP contribution is -2.44. The van der Waals surface area contributed by atoms with E-state index in [-0.39, 0.29) is 0 Å². The van der Waals surface area contributed by atoms with Crippen molar-refractivity contribution < 1.29 is 0 Å². The number of nitrogens with zero attached hydrogens (tertiary/aromatic N) is 3. The van der Waals surface area contributed by atoms with E-state index in [1.165, 1.54) is 81.3 Å². The number of nitrogens with one attached hydrogen (secondary N) is 1.